The van der Waals surface area contributed by atoms with Crippen LogP contribution >= 0.6 is 0 Å². The molecule has 0 rings (SSSR count). The predicted molar refractivity (Wildman–Crippen MR) is 66.8 cm³/mol. The summed E-state index contributed by atoms with van der Waals surface area (Å²) in [6.07, 6.45) is 2.25. The fraction of sp³-hybridized carbons (Fsp3) is 0.917. The van der Waals surface area contributed by atoms with E-state index in [1.54, 1.807) is 0 Å². The number of unbranched alkanes of at least 4 members (excludes halogenated alkanes) is 1. The van der Waals surface area contributed by atoms with Gasteiger partial charge >= 0.3 is 6.09 Å². The average Bonchev–Trinajstić information content (AvgIpc) is 2.16. The Bertz CT molecular complexity index is 184. The molecule has 0 aromatic heterocycles. The van der Waals surface area contributed by atoms with Crippen LogP contribution in [0.25, 0.3) is 0 Å². The number of rotatable bonds is 9. The highest BCUT2D eigenvalue weighted by Crippen LogP contribution is 2.06. The van der Waals surface area contributed by atoms with Crippen LogP contribution < -0.4 is 10.6 Å². The zero-order chi connectivity index (χ0) is 12.4. The largest absolute Gasteiger partial charge is 0.465 e. The van der Waals surface area contributed by atoms with Crippen molar-refractivity contribution in [1.29, 1.82) is 0 Å². The summed E-state index contributed by atoms with van der Waals surface area (Å²) in [6, 6.07) is 0. The van der Waals surface area contributed by atoms with Crippen LogP contribution in [0.2, 0.25) is 0 Å². The van der Waals surface area contributed by atoms with E-state index in [1.165, 1.54) is 0 Å². The van der Waals surface area contributed by atoms with E-state index in [9.17, 15) is 4.79 Å². The molecule has 1 atom stereocenters. The first-order chi connectivity index (χ1) is 7.52. The fourth-order valence-corrected chi connectivity index (χ4v) is 1.53. The molecule has 0 fully saturated rings. The van der Waals surface area contributed by atoms with Gasteiger partial charge in [0.1, 0.15) is 0 Å². The number of hydrogen-bond donors (Lipinski definition) is 3. The van der Waals surface area contributed by atoms with E-state index in [0.717, 1.165) is 32.4 Å². The second-order valence-electron chi connectivity index (χ2n) is 4.88. The van der Waals surface area contributed by atoms with Crippen molar-refractivity contribution in [3.8, 4) is 0 Å². The lowest BCUT2D eigenvalue weighted by atomic mass is 10.0. The molecule has 0 aliphatic carbocycles. The monoisotopic (exact) mass is 230 g/mol. The van der Waals surface area contributed by atoms with E-state index in [2.05, 4.69) is 31.4 Å². The maximum atomic E-state index is 10.2. The van der Waals surface area contributed by atoms with Crippen molar-refractivity contribution < 1.29 is 9.90 Å². The minimum absolute atomic E-state index is 0.571. The third-order valence-corrected chi connectivity index (χ3v) is 2.45. The first-order valence-electron chi connectivity index (χ1n) is 6.20. The molecule has 0 radical (unpaired) electrons. The van der Waals surface area contributed by atoms with Crippen LogP contribution in [-0.4, -0.2) is 30.8 Å². The molecule has 4 nitrogen and oxygen atoms in total. The Hall–Kier alpha value is -0.770. The third kappa shape index (κ3) is 11.3. The van der Waals surface area contributed by atoms with Gasteiger partial charge in [0.15, 0.2) is 0 Å². The van der Waals surface area contributed by atoms with Crippen molar-refractivity contribution in [2.45, 2.75) is 40.0 Å². The van der Waals surface area contributed by atoms with Gasteiger partial charge in [0.2, 0.25) is 0 Å². The number of carboxylic acid groups (broad SMARTS) is 1. The highest BCUT2D eigenvalue weighted by Gasteiger charge is 2.02. The van der Waals surface area contributed by atoms with Gasteiger partial charge < -0.3 is 15.7 Å². The zero-order valence-corrected chi connectivity index (χ0v) is 10.8. The molecule has 1 amide bonds. The van der Waals surface area contributed by atoms with E-state index in [-0.39, 0.29) is 0 Å². The fourth-order valence-electron chi connectivity index (χ4n) is 1.53. The first kappa shape index (κ1) is 15.2. The van der Waals surface area contributed by atoms with Crippen molar-refractivity contribution in [3.63, 3.8) is 0 Å². The van der Waals surface area contributed by atoms with E-state index in [0.29, 0.717) is 18.4 Å². The van der Waals surface area contributed by atoms with Gasteiger partial charge in [0.25, 0.3) is 0 Å². The maximum Gasteiger partial charge on any atom is 0.404 e. The minimum Gasteiger partial charge on any atom is -0.465 e. The highest BCUT2D eigenvalue weighted by molar-refractivity contribution is 5.64. The number of carbonyl (C=O) groups is 1. The van der Waals surface area contributed by atoms with E-state index < -0.39 is 6.09 Å². The molecular formula is C12H26N2O2. The Labute approximate surface area is 98.8 Å². The van der Waals surface area contributed by atoms with Crippen molar-refractivity contribution >= 4 is 6.09 Å². The van der Waals surface area contributed by atoms with Crippen molar-refractivity contribution in [2.75, 3.05) is 19.6 Å². The molecule has 0 saturated heterocycles. The van der Waals surface area contributed by atoms with Crippen molar-refractivity contribution in [3.05, 3.63) is 0 Å². The van der Waals surface area contributed by atoms with Crippen molar-refractivity contribution in [1.82, 2.24) is 10.6 Å². The Balaban J connectivity index is 3.23. The second-order valence-corrected chi connectivity index (χ2v) is 4.88. The van der Waals surface area contributed by atoms with Crippen LogP contribution in [0.4, 0.5) is 4.79 Å². The van der Waals surface area contributed by atoms with E-state index in [4.69, 9.17) is 5.11 Å². The predicted octanol–water partition coefficient (Wildman–Crippen LogP) is 2.31. The summed E-state index contributed by atoms with van der Waals surface area (Å²) in [5.41, 5.74) is 0. The van der Waals surface area contributed by atoms with Gasteiger partial charge in [-0.15, -0.1) is 0 Å². The summed E-state index contributed by atoms with van der Waals surface area (Å²) >= 11 is 0. The normalized spacial score (nSPS) is 12.8. The summed E-state index contributed by atoms with van der Waals surface area (Å²) in [5.74, 6) is 1.37. The summed E-state index contributed by atoms with van der Waals surface area (Å²) < 4.78 is 0. The van der Waals surface area contributed by atoms with Crippen LogP contribution in [0.3, 0.4) is 0 Å². The SMILES string of the molecule is CC(C)CNCC(C)CCCCNC(=O)O. The number of amides is 1. The molecule has 0 spiro atoms. The van der Waals surface area contributed by atoms with Crippen LogP contribution in [-0.2, 0) is 0 Å². The zero-order valence-electron chi connectivity index (χ0n) is 10.8. The molecule has 0 aliphatic rings. The Kier molecular flexibility index (Phi) is 9.00. The van der Waals surface area contributed by atoms with Gasteiger partial charge in [0.05, 0.1) is 0 Å². The van der Waals surface area contributed by atoms with Crippen LogP contribution in [0.15, 0.2) is 0 Å². The summed E-state index contributed by atoms with van der Waals surface area (Å²) in [5, 5.41) is 14.2. The minimum atomic E-state index is -0.924. The Morgan fingerprint density at radius 1 is 1.19 bits per heavy atom. The molecule has 96 valence electrons. The molecule has 0 aliphatic heterocycles. The van der Waals surface area contributed by atoms with Gasteiger partial charge in [-0.1, -0.05) is 27.2 Å². The molecule has 0 heterocycles. The molecule has 3 N–H and O–H groups in total. The molecule has 16 heavy (non-hydrogen) atoms. The van der Waals surface area contributed by atoms with Gasteiger partial charge in [-0.2, -0.15) is 0 Å². The molecule has 1 unspecified atom stereocenters. The van der Waals surface area contributed by atoms with Gasteiger partial charge in [0, 0.05) is 6.54 Å². The van der Waals surface area contributed by atoms with Gasteiger partial charge in [-0.25, -0.2) is 4.79 Å². The lowest BCUT2D eigenvalue weighted by Gasteiger charge is -2.13. The molecule has 4 heteroatoms. The molecule has 0 aromatic carbocycles. The summed E-state index contributed by atoms with van der Waals surface area (Å²) in [6.45, 7) is 9.35. The van der Waals surface area contributed by atoms with Crippen LogP contribution in [0.1, 0.15) is 40.0 Å². The third-order valence-electron chi connectivity index (χ3n) is 2.45. The lowest BCUT2D eigenvalue weighted by molar-refractivity contribution is 0.194. The number of nitrogens with one attached hydrogen (secondary N) is 2. The summed E-state index contributed by atoms with van der Waals surface area (Å²) in [4.78, 5) is 10.2. The molecular weight excluding hydrogens is 204 g/mol. The average molecular weight is 230 g/mol. The highest BCUT2D eigenvalue weighted by atomic mass is 16.4. The topological polar surface area (TPSA) is 61.4 Å². The quantitative estimate of drug-likeness (QED) is 0.533. The first-order valence-corrected chi connectivity index (χ1v) is 6.20. The van der Waals surface area contributed by atoms with Crippen LogP contribution in [0, 0.1) is 11.8 Å². The lowest BCUT2D eigenvalue weighted by Crippen LogP contribution is -2.25. The van der Waals surface area contributed by atoms with Gasteiger partial charge in [-0.05, 0) is 37.8 Å². The van der Waals surface area contributed by atoms with Crippen LogP contribution in [0.5, 0.6) is 0 Å². The summed E-state index contributed by atoms with van der Waals surface area (Å²) in [7, 11) is 0. The number of hydrogen-bond acceptors (Lipinski definition) is 2. The smallest absolute Gasteiger partial charge is 0.404 e. The molecule has 0 aromatic rings. The maximum absolute atomic E-state index is 10.2. The van der Waals surface area contributed by atoms with E-state index >= 15 is 0 Å². The second kappa shape index (κ2) is 9.46. The Morgan fingerprint density at radius 2 is 1.88 bits per heavy atom. The molecule has 0 bridgehead atoms. The Morgan fingerprint density at radius 3 is 2.44 bits per heavy atom. The standard InChI is InChI=1S/C12H26N2O2/c1-10(2)8-13-9-11(3)6-4-5-7-14-12(15)16/h10-11,13-14H,4-9H2,1-3H3,(H,15,16). The molecule has 0 saturated carbocycles. The van der Waals surface area contributed by atoms with E-state index in [1.807, 2.05) is 0 Å². The van der Waals surface area contributed by atoms with Crippen molar-refractivity contribution in [2.24, 2.45) is 11.8 Å². The van der Waals surface area contributed by atoms with Gasteiger partial charge in [-0.3, -0.25) is 0 Å².